The zero-order valence-electron chi connectivity index (χ0n) is 25.9. The summed E-state index contributed by atoms with van der Waals surface area (Å²) in [5.41, 5.74) is -2.64. The lowest BCUT2D eigenvalue weighted by molar-refractivity contribution is -0.260. The maximum absolute atomic E-state index is 14.6. The maximum atomic E-state index is 14.6. The number of ether oxygens (including phenoxy) is 4. The second-order valence-corrected chi connectivity index (χ2v) is 14.1. The van der Waals surface area contributed by atoms with E-state index in [-0.39, 0.29) is 23.8 Å². The summed E-state index contributed by atoms with van der Waals surface area (Å²) >= 11 is 0. The van der Waals surface area contributed by atoms with E-state index in [1.54, 1.807) is 30.3 Å². The summed E-state index contributed by atoms with van der Waals surface area (Å²) in [7, 11) is 1.90. The van der Waals surface area contributed by atoms with Crippen molar-refractivity contribution in [3.05, 3.63) is 48.0 Å². The molecule has 9 rings (SSSR count). The van der Waals surface area contributed by atoms with Crippen LogP contribution in [0.25, 0.3) is 0 Å². The van der Waals surface area contributed by atoms with Crippen LogP contribution in [0, 0.1) is 39.9 Å². The molecule has 2 saturated heterocycles. The van der Waals surface area contributed by atoms with E-state index in [1.807, 2.05) is 14.0 Å². The van der Waals surface area contributed by atoms with Crippen LogP contribution < -0.4 is 0 Å². The number of rotatable bonds is 6. The molecule has 6 saturated carbocycles. The number of carbonyl (C=O) groups is 6. The average molecular weight is 620 g/mol. The van der Waals surface area contributed by atoms with Crippen LogP contribution in [0.3, 0.4) is 0 Å². The largest absolute Gasteiger partial charge is 0.461 e. The van der Waals surface area contributed by atoms with Crippen LogP contribution in [0.2, 0.25) is 0 Å². The Balaban J connectivity index is 1.49. The number of esters is 4. The highest BCUT2D eigenvalue weighted by Crippen LogP contribution is 2.84. The van der Waals surface area contributed by atoms with Gasteiger partial charge in [-0.3, -0.25) is 24.1 Å². The molecule has 11 heteroatoms. The fraction of sp³-hybridized carbons (Fsp3) is 0.588. The highest BCUT2D eigenvalue weighted by molar-refractivity contribution is 5.94. The number of fused-ring (bicyclic) bond motifs is 1. The normalized spacial score (nSPS) is 45.1. The van der Waals surface area contributed by atoms with Gasteiger partial charge in [-0.2, -0.15) is 0 Å². The third-order valence-electron chi connectivity index (χ3n) is 12.1. The maximum Gasteiger partial charge on any atom is 0.338 e. The number of Topliss-reactive ketones (excluding diaryl/α,β-unsaturated/α-hetero) is 1. The molecular formula is C34H37NO10. The van der Waals surface area contributed by atoms with Crippen LogP contribution in [0.15, 0.2) is 42.5 Å². The Morgan fingerprint density at radius 3 is 2.18 bits per heavy atom. The minimum Gasteiger partial charge on any atom is -0.461 e. The average Bonchev–Trinajstić information content (AvgIpc) is 3.23. The molecule has 7 bridgehead atoms. The molecule has 238 valence electrons. The Bertz CT molecular complexity index is 1560. The van der Waals surface area contributed by atoms with E-state index in [0.29, 0.717) is 12.0 Å². The van der Waals surface area contributed by atoms with E-state index in [0.717, 1.165) is 6.29 Å². The van der Waals surface area contributed by atoms with Crippen LogP contribution >= 0.6 is 0 Å². The number of carbonyl (C=O) groups excluding carboxylic acids is 6. The van der Waals surface area contributed by atoms with Gasteiger partial charge in [0.05, 0.1) is 11.5 Å². The molecule has 11 nitrogen and oxygen atoms in total. The van der Waals surface area contributed by atoms with Gasteiger partial charge in [0.1, 0.15) is 36.5 Å². The highest BCUT2D eigenvalue weighted by Gasteiger charge is 2.93. The Morgan fingerprint density at radius 2 is 1.58 bits per heavy atom. The van der Waals surface area contributed by atoms with Crippen LogP contribution in [-0.4, -0.2) is 84.4 Å². The zero-order valence-corrected chi connectivity index (χ0v) is 25.9. The van der Waals surface area contributed by atoms with Gasteiger partial charge < -0.3 is 23.7 Å². The minimum atomic E-state index is -1.19. The first-order chi connectivity index (χ1) is 21.2. The van der Waals surface area contributed by atoms with Gasteiger partial charge >= 0.3 is 23.9 Å². The number of hydrogen-bond acceptors (Lipinski definition) is 11. The van der Waals surface area contributed by atoms with Crippen molar-refractivity contribution >= 4 is 35.9 Å². The standard InChI is InChI=1S/C34H37NO10/c1-15-22-24(40)23-28-34-26(20(35(28)6)12-33(23,29(15)43-17(3)38)27(34)25(22)42-16(2)37)32(5,14-36)13-21(30(34)44-18(4)39)45-31(41)19-10-8-7-9-11-19/h7-11,14,20-23,25-30H,1,12-13H2,2-6H3/t20-,21-,22-,23?,25+,26?,27?,28-,29+,30+,32-,33-,34+/m0/s1. The SMILES string of the molecule is C=C1[C@H]2C(=O)C3[C@@H]4N(C)[C@H]5C[C@]3(C([C@@H]2OC(C)=O)[C@]42C5[C@](C)(C=O)C[C@H](OC(=O)c3ccccc3)[C@H]2OC(C)=O)[C@@H]1OC(C)=O. The first kappa shape index (κ1) is 29.8. The van der Waals surface area contributed by atoms with Crippen molar-refractivity contribution in [1.82, 2.24) is 4.90 Å². The van der Waals surface area contributed by atoms with Gasteiger partial charge in [-0.1, -0.05) is 31.7 Å². The van der Waals surface area contributed by atoms with E-state index >= 15 is 0 Å². The van der Waals surface area contributed by atoms with Crippen molar-refractivity contribution in [2.75, 3.05) is 7.05 Å². The van der Waals surface area contributed by atoms with E-state index in [4.69, 9.17) is 18.9 Å². The molecule has 2 spiro atoms. The Kier molecular flexibility index (Phi) is 6.35. The molecule has 0 radical (unpaired) electrons. The smallest absolute Gasteiger partial charge is 0.338 e. The van der Waals surface area contributed by atoms with Gasteiger partial charge in [0.25, 0.3) is 0 Å². The second kappa shape index (κ2) is 9.57. The monoisotopic (exact) mass is 619 g/mol. The van der Waals surface area contributed by atoms with Crippen molar-refractivity contribution < 1.29 is 47.7 Å². The molecule has 0 aromatic heterocycles. The Morgan fingerprint density at radius 1 is 0.933 bits per heavy atom. The van der Waals surface area contributed by atoms with Crippen LogP contribution in [0.4, 0.5) is 0 Å². The number of ketones is 1. The van der Waals surface area contributed by atoms with Gasteiger partial charge in [-0.05, 0) is 37.1 Å². The fourth-order valence-corrected chi connectivity index (χ4v) is 11.5. The highest BCUT2D eigenvalue weighted by atomic mass is 16.6. The lowest BCUT2D eigenvalue weighted by Crippen LogP contribution is -2.76. The van der Waals surface area contributed by atoms with Crippen LogP contribution in [0.5, 0.6) is 0 Å². The Hall–Kier alpha value is -3.86. The van der Waals surface area contributed by atoms with E-state index in [2.05, 4.69) is 11.5 Å². The molecule has 0 amide bonds. The molecule has 2 aliphatic heterocycles. The van der Waals surface area contributed by atoms with Gasteiger partial charge in [-0.25, -0.2) is 4.79 Å². The summed E-state index contributed by atoms with van der Waals surface area (Å²) in [6.45, 7) is 9.89. The summed E-state index contributed by atoms with van der Waals surface area (Å²) in [5, 5.41) is 0. The summed E-state index contributed by atoms with van der Waals surface area (Å²) < 4.78 is 24.5. The molecule has 0 N–H and O–H groups in total. The van der Waals surface area contributed by atoms with Crippen molar-refractivity contribution in [3.63, 3.8) is 0 Å². The third-order valence-corrected chi connectivity index (χ3v) is 12.1. The first-order valence-corrected chi connectivity index (χ1v) is 15.4. The molecule has 1 aromatic carbocycles. The quantitative estimate of drug-likeness (QED) is 0.200. The predicted molar refractivity (Wildman–Crippen MR) is 154 cm³/mol. The zero-order chi connectivity index (χ0) is 32.4. The number of hydrogen-bond donors (Lipinski definition) is 0. The molecule has 8 fully saturated rings. The molecule has 45 heavy (non-hydrogen) atoms. The Labute approximate surface area is 260 Å². The summed E-state index contributed by atoms with van der Waals surface area (Å²) in [5.74, 6) is -5.39. The lowest BCUT2D eigenvalue weighted by Gasteiger charge is -2.68. The van der Waals surface area contributed by atoms with Crippen molar-refractivity contribution in [1.29, 1.82) is 0 Å². The van der Waals surface area contributed by atoms with Gasteiger partial charge in [0.2, 0.25) is 0 Å². The van der Waals surface area contributed by atoms with Crippen LogP contribution in [-0.2, 0) is 42.9 Å². The molecule has 8 aliphatic rings. The van der Waals surface area contributed by atoms with Gasteiger partial charge in [0.15, 0.2) is 0 Å². The molecule has 1 aromatic rings. The van der Waals surface area contributed by atoms with E-state index in [1.165, 1.54) is 20.8 Å². The summed E-state index contributed by atoms with van der Waals surface area (Å²) in [4.78, 5) is 81.7. The third kappa shape index (κ3) is 3.50. The molecular weight excluding hydrogens is 582 g/mol. The van der Waals surface area contributed by atoms with E-state index in [9.17, 15) is 28.8 Å². The topological polar surface area (TPSA) is 143 Å². The molecule has 13 atom stereocenters. The number of piperidine rings is 1. The van der Waals surface area contributed by atoms with Gasteiger partial charge in [-0.15, -0.1) is 0 Å². The molecule has 3 unspecified atom stereocenters. The van der Waals surface area contributed by atoms with Crippen LogP contribution in [0.1, 0.15) is 50.9 Å². The fourth-order valence-electron chi connectivity index (χ4n) is 11.5. The minimum absolute atomic E-state index is 0.0799. The van der Waals surface area contributed by atoms with Crippen molar-refractivity contribution in [2.45, 2.75) is 77.0 Å². The molecule has 2 heterocycles. The number of nitrogens with zero attached hydrogens (tertiary/aromatic N) is 1. The van der Waals surface area contributed by atoms with Crippen molar-refractivity contribution in [3.8, 4) is 0 Å². The second-order valence-electron chi connectivity index (χ2n) is 14.1. The first-order valence-electron chi connectivity index (χ1n) is 15.4. The summed E-state index contributed by atoms with van der Waals surface area (Å²) in [6, 6.07) is 7.52. The van der Waals surface area contributed by atoms with Gasteiger partial charge in [0, 0.05) is 67.4 Å². The van der Waals surface area contributed by atoms with Crippen molar-refractivity contribution in [2.24, 2.45) is 39.9 Å². The lowest BCUT2D eigenvalue weighted by atomic mass is 9.38. The van der Waals surface area contributed by atoms with E-state index < -0.39 is 94.3 Å². The summed E-state index contributed by atoms with van der Waals surface area (Å²) in [6.07, 6.45) is -2.69. The number of aldehydes is 1. The molecule has 6 aliphatic carbocycles. The number of benzene rings is 1. The predicted octanol–water partition coefficient (Wildman–Crippen LogP) is 2.31.